The molecule has 0 bridgehead atoms. The monoisotopic (exact) mass is 482 g/mol. The predicted octanol–water partition coefficient (Wildman–Crippen LogP) is 4.48. The van der Waals surface area contributed by atoms with E-state index >= 15 is 0 Å². The van der Waals surface area contributed by atoms with E-state index < -0.39 is 11.9 Å². The van der Waals surface area contributed by atoms with Crippen LogP contribution in [-0.4, -0.2) is 36.3 Å². The summed E-state index contributed by atoms with van der Waals surface area (Å²) >= 11 is 13.2. The molecule has 0 fully saturated rings. The number of nitrogens with zero attached hydrogens (tertiary/aromatic N) is 2. The van der Waals surface area contributed by atoms with E-state index in [2.05, 4.69) is 4.99 Å². The van der Waals surface area contributed by atoms with Crippen molar-refractivity contribution in [3.63, 3.8) is 0 Å². The average molecular weight is 483 g/mol. The number of carbonyl (C=O) groups excluding carboxylic acids is 2. The number of thiazole rings is 1. The Morgan fingerprint density at radius 1 is 1.06 bits per heavy atom. The Kier molecular flexibility index (Phi) is 7.95. The first-order chi connectivity index (χ1) is 14.9. The van der Waals surface area contributed by atoms with Crippen molar-refractivity contribution in [1.82, 2.24) is 4.57 Å². The van der Waals surface area contributed by atoms with E-state index in [1.807, 2.05) is 19.1 Å². The second-order valence-electron chi connectivity index (χ2n) is 6.18. The molecule has 0 spiro atoms. The van der Waals surface area contributed by atoms with Crippen LogP contribution in [0.4, 0.5) is 0 Å². The van der Waals surface area contributed by atoms with E-state index in [9.17, 15) is 9.59 Å². The second-order valence-corrected chi connectivity index (χ2v) is 8.03. The molecular weight excluding hydrogens is 463 g/mol. The van der Waals surface area contributed by atoms with E-state index in [1.165, 1.54) is 17.4 Å². The van der Waals surface area contributed by atoms with Gasteiger partial charge in [-0.1, -0.05) is 40.6 Å². The number of esters is 1. The van der Waals surface area contributed by atoms with Gasteiger partial charge in [0.05, 0.1) is 22.9 Å². The molecule has 0 unspecified atom stereocenters. The topological polar surface area (TPSA) is 79.1 Å². The molecule has 3 rings (SSSR count). The molecule has 0 saturated heterocycles. The van der Waals surface area contributed by atoms with Crippen LogP contribution in [0.3, 0.4) is 0 Å². The molecule has 3 aromatic rings. The number of fused-ring (bicyclic) bond motifs is 1. The highest BCUT2D eigenvalue weighted by Crippen LogP contribution is 2.28. The van der Waals surface area contributed by atoms with Gasteiger partial charge in [-0.15, -0.1) is 0 Å². The van der Waals surface area contributed by atoms with Crippen LogP contribution in [0.2, 0.25) is 10.0 Å². The molecule has 0 saturated carbocycles. The summed E-state index contributed by atoms with van der Waals surface area (Å²) in [6, 6.07) is 10.2. The van der Waals surface area contributed by atoms with Crippen molar-refractivity contribution in [2.45, 2.75) is 20.4 Å². The summed E-state index contributed by atoms with van der Waals surface area (Å²) < 4.78 is 18.7. The highest BCUT2D eigenvalue weighted by atomic mass is 35.5. The van der Waals surface area contributed by atoms with Crippen LogP contribution in [0.1, 0.15) is 13.8 Å². The standard InChI is InChI=1S/C21H20Cl2N2O5S/c1-3-28-16-6-5-7-17-20(16)25(11-19(27)29-4-2)21(31-17)24-18(26)12-30-15-9-8-13(22)10-14(15)23/h5-10H,3-4,11-12H2,1-2H3. The number of hydrogen-bond donors (Lipinski definition) is 0. The molecule has 31 heavy (non-hydrogen) atoms. The second kappa shape index (κ2) is 10.7. The number of para-hydroxylation sites is 1. The lowest BCUT2D eigenvalue weighted by Crippen LogP contribution is -2.24. The molecule has 0 radical (unpaired) electrons. The number of amides is 1. The number of ether oxygens (including phenoxy) is 3. The maximum Gasteiger partial charge on any atom is 0.326 e. The van der Waals surface area contributed by atoms with Gasteiger partial charge in [-0.3, -0.25) is 9.59 Å². The predicted molar refractivity (Wildman–Crippen MR) is 120 cm³/mol. The van der Waals surface area contributed by atoms with Crippen molar-refractivity contribution in [3.05, 3.63) is 51.2 Å². The Bertz CT molecular complexity index is 1170. The molecule has 2 aromatic carbocycles. The summed E-state index contributed by atoms with van der Waals surface area (Å²) in [7, 11) is 0. The molecule has 0 aliphatic heterocycles. The average Bonchev–Trinajstić information content (AvgIpc) is 3.05. The van der Waals surface area contributed by atoms with Gasteiger partial charge in [0.2, 0.25) is 0 Å². The van der Waals surface area contributed by atoms with Crippen molar-refractivity contribution in [2.75, 3.05) is 19.8 Å². The number of carbonyl (C=O) groups is 2. The third kappa shape index (κ3) is 5.78. The zero-order valence-corrected chi connectivity index (χ0v) is 19.2. The van der Waals surface area contributed by atoms with Crippen molar-refractivity contribution >= 4 is 56.6 Å². The van der Waals surface area contributed by atoms with E-state index in [0.29, 0.717) is 38.5 Å². The Balaban J connectivity index is 1.95. The summed E-state index contributed by atoms with van der Waals surface area (Å²) in [6.07, 6.45) is 0. The molecule has 0 aliphatic carbocycles. The van der Waals surface area contributed by atoms with Crippen molar-refractivity contribution in [3.8, 4) is 11.5 Å². The van der Waals surface area contributed by atoms with Crippen molar-refractivity contribution in [1.29, 1.82) is 0 Å². The van der Waals surface area contributed by atoms with Crippen LogP contribution in [0.15, 0.2) is 41.4 Å². The van der Waals surface area contributed by atoms with Gasteiger partial charge in [-0.05, 0) is 44.2 Å². The Hall–Kier alpha value is -2.55. The molecule has 7 nitrogen and oxygen atoms in total. The fraction of sp³-hybridized carbons (Fsp3) is 0.286. The lowest BCUT2D eigenvalue weighted by atomic mass is 10.3. The number of rotatable bonds is 8. The minimum Gasteiger partial charge on any atom is -0.492 e. The fourth-order valence-corrected chi connectivity index (χ4v) is 4.34. The van der Waals surface area contributed by atoms with Crippen LogP contribution in [0, 0.1) is 0 Å². The van der Waals surface area contributed by atoms with Crippen molar-refractivity contribution < 1.29 is 23.8 Å². The van der Waals surface area contributed by atoms with E-state index in [1.54, 1.807) is 29.7 Å². The van der Waals surface area contributed by atoms with Gasteiger partial charge in [0, 0.05) is 5.02 Å². The summed E-state index contributed by atoms with van der Waals surface area (Å²) in [5.41, 5.74) is 0.676. The first-order valence-electron chi connectivity index (χ1n) is 9.49. The van der Waals surface area contributed by atoms with Crippen molar-refractivity contribution in [2.24, 2.45) is 4.99 Å². The van der Waals surface area contributed by atoms with Crippen LogP contribution in [0.25, 0.3) is 10.2 Å². The molecule has 1 aromatic heterocycles. The highest BCUT2D eigenvalue weighted by Gasteiger charge is 2.16. The number of benzene rings is 2. The minimum absolute atomic E-state index is 0.103. The van der Waals surface area contributed by atoms with Gasteiger partial charge < -0.3 is 18.8 Å². The fourth-order valence-electron chi connectivity index (χ4n) is 2.81. The molecule has 0 aliphatic rings. The normalized spacial score (nSPS) is 11.5. The van der Waals surface area contributed by atoms with E-state index in [0.717, 1.165) is 4.70 Å². The number of halogens is 2. The summed E-state index contributed by atoms with van der Waals surface area (Å²) in [5, 5.41) is 0.754. The van der Waals surface area contributed by atoms with Crippen LogP contribution in [0.5, 0.6) is 11.5 Å². The summed E-state index contributed by atoms with van der Waals surface area (Å²) in [4.78, 5) is 29.2. The van der Waals surface area contributed by atoms with Gasteiger partial charge in [0.1, 0.15) is 23.6 Å². The molecule has 164 valence electrons. The molecular formula is C21H20Cl2N2O5S. The Morgan fingerprint density at radius 3 is 2.58 bits per heavy atom. The zero-order chi connectivity index (χ0) is 22.4. The maximum atomic E-state index is 12.5. The summed E-state index contributed by atoms with van der Waals surface area (Å²) in [6.45, 7) is 3.88. The van der Waals surface area contributed by atoms with Crippen LogP contribution >= 0.6 is 34.5 Å². The number of hydrogen-bond acceptors (Lipinski definition) is 6. The maximum absolute atomic E-state index is 12.5. The highest BCUT2D eigenvalue weighted by molar-refractivity contribution is 7.16. The SMILES string of the molecule is CCOC(=O)Cn1c(=NC(=O)COc2ccc(Cl)cc2Cl)sc2cccc(OCC)c21. The molecule has 0 N–H and O–H groups in total. The van der Waals surface area contributed by atoms with Crippen LogP contribution in [-0.2, 0) is 20.9 Å². The number of aromatic nitrogens is 1. The summed E-state index contributed by atoms with van der Waals surface area (Å²) in [5.74, 6) is -0.0534. The third-order valence-corrected chi connectivity index (χ3v) is 5.60. The van der Waals surface area contributed by atoms with Gasteiger partial charge in [0.15, 0.2) is 11.4 Å². The molecule has 1 amide bonds. The largest absolute Gasteiger partial charge is 0.492 e. The molecule has 0 atom stereocenters. The first-order valence-corrected chi connectivity index (χ1v) is 11.1. The Morgan fingerprint density at radius 2 is 1.87 bits per heavy atom. The quantitative estimate of drug-likeness (QED) is 0.442. The van der Waals surface area contributed by atoms with Gasteiger partial charge in [-0.2, -0.15) is 4.99 Å². The van der Waals surface area contributed by atoms with Gasteiger partial charge in [-0.25, -0.2) is 0 Å². The smallest absolute Gasteiger partial charge is 0.326 e. The lowest BCUT2D eigenvalue weighted by molar-refractivity contribution is -0.143. The van der Waals surface area contributed by atoms with Crippen LogP contribution < -0.4 is 14.3 Å². The first kappa shape index (κ1) is 23.1. The molecule has 10 heteroatoms. The molecule has 1 heterocycles. The zero-order valence-electron chi connectivity index (χ0n) is 16.9. The third-order valence-electron chi connectivity index (χ3n) is 4.02. The lowest BCUT2D eigenvalue weighted by Gasteiger charge is -2.09. The minimum atomic E-state index is -0.534. The van der Waals surface area contributed by atoms with Gasteiger partial charge >= 0.3 is 5.97 Å². The van der Waals surface area contributed by atoms with Gasteiger partial charge in [0.25, 0.3) is 5.91 Å². The van der Waals surface area contributed by atoms with E-state index in [-0.39, 0.29) is 19.8 Å². The Labute approximate surface area is 192 Å². The van der Waals surface area contributed by atoms with E-state index in [4.69, 9.17) is 37.4 Å².